The Kier molecular flexibility index (Phi) is 3.92. The van der Waals surface area contributed by atoms with E-state index in [1.807, 2.05) is 12.1 Å². The summed E-state index contributed by atoms with van der Waals surface area (Å²) in [5.74, 6) is -0.744. The lowest BCUT2D eigenvalue weighted by molar-refractivity contribution is -0.114. The van der Waals surface area contributed by atoms with Crippen molar-refractivity contribution in [1.29, 1.82) is 0 Å². The zero-order valence-electron chi connectivity index (χ0n) is 14.3. The highest BCUT2D eigenvalue weighted by atomic mass is 32.1. The molecule has 6 heteroatoms. The Hall–Kier alpha value is -2.86. The molecule has 1 heterocycles. The van der Waals surface area contributed by atoms with Crippen molar-refractivity contribution in [1.82, 2.24) is 4.90 Å². The summed E-state index contributed by atoms with van der Waals surface area (Å²) in [4.78, 5) is 16.1. The van der Waals surface area contributed by atoms with E-state index in [1.54, 1.807) is 24.1 Å². The summed E-state index contributed by atoms with van der Waals surface area (Å²) in [6, 6.07) is 10.7. The van der Waals surface area contributed by atoms with Crippen LogP contribution in [0, 0.1) is 0 Å². The average molecular weight is 366 g/mol. The summed E-state index contributed by atoms with van der Waals surface area (Å²) in [6.07, 6.45) is 4.78. The molecule has 0 radical (unpaired) electrons. The van der Waals surface area contributed by atoms with Gasteiger partial charge in [0.15, 0.2) is 16.6 Å². The molecule has 1 amide bonds. The van der Waals surface area contributed by atoms with E-state index in [-0.39, 0.29) is 17.4 Å². The summed E-state index contributed by atoms with van der Waals surface area (Å²) in [7, 11) is 1.72. The van der Waals surface area contributed by atoms with Crippen molar-refractivity contribution in [3.8, 4) is 11.5 Å². The van der Waals surface area contributed by atoms with Crippen LogP contribution in [0.2, 0.25) is 0 Å². The largest absolute Gasteiger partial charge is 0.504 e. The van der Waals surface area contributed by atoms with Gasteiger partial charge in [0.1, 0.15) is 5.70 Å². The number of benzene rings is 2. The standard InChI is InChI=1S/C20H18N2O3S/c1-21-16(11-14-6-3-7-17(23)18(14)24)19(25)22(20(21)26)15-9-8-12-4-2-5-13(12)10-15/h3,6-11,23-24H,2,4-5H2,1H3/b16-11-. The number of phenolic OH excluding ortho intramolecular Hbond substituents is 2. The molecule has 2 aromatic carbocycles. The van der Waals surface area contributed by atoms with Crippen LogP contribution in [0.5, 0.6) is 11.5 Å². The van der Waals surface area contributed by atoms with Gasteiger partial charge in [-0.2, -0.15) is 0 Å². The van der Waals surface area contributed by atoms with Crippen LogP contribution in [0.25, 0.3) is 6.08 Å². The van der Waals surface area contributed by atoms with E-state index < -0.39 is 0 Å². The Morgan fingerprint density at radius 2 is 1.88 bits per heavy atom. The fraction of sp³-hybridized carbons (Fsp3) is 0.200. The van der Waals surface area contributed by atoms with Gasteiger partial charge in [-0.1, -0.05) is 18.2 Å². The molecule has 0 spiro atoms. The Balaban J connectivity index is 1.74. The maximum Gasteiger partial charge on any atom is 0.281 e. The third-order valence-electron chi connectivity index (χ3n) is 4.94. The number of nitrogens with zero attached hydrogens (tertiary/aromatic N) is 2. The molecule has 1 aliphatic carbocycles. The molecule has 132 valence electrons. The number of likely N-dealkylation sites (N-methyl/N-ethyl adjacent to an activating group) is 1. The van der Waals surface area contributed by atoms with Crippen molar-refractivity contribution in [3.63, 3.8) is 0 Å². The van der Waals surface area contributed by atoms with Crippen LogP contribution in [-0.4, -0.2) is 33.2 Å². The predicted molar refractivity (Wildman–Crippen MR) is 104 cm³/mol. The minimum Gasteiger partial charge on any atom is -0.504 e. The first-order valence-electron chi connectivity index (χ1n) is 8.44. The molecule has 5 nitrogen and oxygen atoms in total. The smallest absolute Gasteiger partial charge is 0.281 e. The number of aromatic hydroxyl groups is 2. The molecular formula is C20H18N2O3S. The van der Waals surface area contributed by atoms with Crippen molar-refractivity contribution in [2.24, 2.45) is 0 Å². The molecule has 2 aromatic rings. The molecule has 1 aliphatic heterocycles. The molecule has 1 saturated heterocycles. The normalized spacial score (nSPS) is 18.1. The van der Waals surface area contributed by atoms with E-state index in [1.165, 1.54) is 28.2 Å². The van der Waals surface area contributed by atoms with E-state index in [9.17, 15) is 15.0 Å². The summed E-state index contributed by atoms with van der Waals surface area (Å²) in [5, 5.41) is 20.1. The first kappa shape index (κ1) is 16.6. The summed E-state index contributed by atoms with van der Waals surface area (Å²) in [5.41, 5.74) is 4.06. The average Bonchev–Trinajstić information content (AvgIpc) is 3.17. The van der Waals surface area contributed by atoms with Crippen LogP contribution >= 0.6 is 12.2 Å². The molecule has 0 atom stereocenters. The van der Waals surface area contributed by atoms with Crippen LogP contribution in [0.1, 0.15) is 23.1 Å². The second-order valence-corrected chi connectivity index (χ2v) is 6.90. The zero-order valence-corrected chi connectivity index (χ0v) is 15.1. The lowest BCUT2D eigenvalue weighted by Gasteiger charge is -2.17. The Labute approximate surface area is 156 Å². The summed E-state index contributed by atoms with van der Waals surface area (Å²) in [6.45, 7) is 0. The number of hydrogen-bond acceptors (Lipinski definition) is 4. The predicted octanol–water partition coefficient (Wildman–Crippen LogP) is 3.19. The fourth-order valence-corrected chi connectivity index (χ4v) is 3.78. The van der Waals surface area contributed by atoms with Gasteiger partial charge in [-0.15, -0.1) is 0 Å². The molecule has 26 heavy (non-hydrogen) atoms. The topological polar surface area (TPSA) is 64.0 Å². The number of carbonyl (C=O) groups is 1. The van der Waals surface area contributed by atoms with E-state index in [2.05, 4.69) is 6.07 Å². The van der Waals surface area contributed by atoms with E-state index in [0.717, 1.165) is 24.9 Å². The second kappa shape index (κ2) is 6.14. The van der Waals surface area contributed by atoms with Gasteiger partial charge in [0.25, 0.3) is 5.91 Å². The lowest BCUT2D eigenvalue weighted by Crippen LogP contribution is -2.31. The van der Waals surface area contributed by atoms with Gasteiger partial charge in [-0.25, -0.2) is 0 Å². The van der Waals surface area contributed by atoms with Gasteiger partial charge < -0.3 is 15.1 Å². The van der Waals surface area contributed by atoms with Crippen molar-refractivity contribution >= 4 is 35.0 Å². The molecule has 4 rings (SSSR count). The number of rotatable bonds is 2. The maximum atomic E-state index is 13.0. The zero-order chi connectivity index (χ0) is 18.4. The monoisotopic (exact) mass is 366 g/mol. The number of hydrogen-bond donors (Lipinski definition) is 2. The first-order valence-corrected chi connectivity index (χ1v) is 8.85. The van der Waals surface area contributed by atoms with E-state index >= 15 is 0 Å². The molecule has 1 fully saturated rings. The van der Waals surface area contributed by atoms with Crippen LogP contribution < -0.4 is 4.90 Å². The van der Waals surface area contributed by atoms with Gasteiger partial charge in [-0.05, 0) is 66.9 Å². The number of para-hydroxylation sites is 1. The van der Waals surface area contributed by atoms with Gasteiger partial charge in [0.05, 0.1) is 5.69 Å². The SMILES string of the molecule is CN1C(=S)N(c2ccc3c(c2)CCC3)C(=O)/C1=C/c1cccc(O)c1O. The van der Waals surface area contributed by atoms with Crippen molar-refractivity contribution in [3.05, 3.63) is 58.8 Å². The number of anilines is 1. The summed E-state index contributed by atoms with van der Waals surface area (Å²) < 4.78 is 0. The van der Waals surface area contributed by atoms with Gasteiger partial charge in [-0.3, -0.25) is 9.69 Å². The highest BCUT2D eigenvalue weighted by molar-refractivity contribution is 7.80. The number of amides is 1. The minimum atomic E-state index is -0.261. The number of carbonyl (C=O) groups excluding carboxylic acids is 1. The lowest BCUT2D eigenvalue weighted by atomic mass is 10.1. The molecule has 0 saturated carbocycles. The highest BCUT2D eigenvalue weighted by Gasteiger charge is 2.37. The Bertz CT molecular complexity index is 968. The van der Waals surface area contributed by atoms with Crippen LogP contribution in [0.15, 0.2) is 42.1 Å². The maximum absolute atomic E-state index is 13.0. The Morgan fingerprint density at radius 3 is 2.69 bits per heavy atom. The highest BCUT2D eigenvalue weighted by Crippen LogP contribution is 2.34. The fourth-order valence-electron chi connectivity index (χ4n) is 3.49. The van der Waals surface area contributed by atoms with Gasteiger partial charge in [0.2, 0.25) is 0 Å². The van der Waals surface area contributed by atoms with Crippen LogP contribution in [-0.2, 0) is 17.6 Å². The van der Waals surface area contributed by atoms with Crippen molar-refractivity contribution < 1.29 is 15.0 Å². The number of fused-ring (bicyclic) bond motifs is 1. The second-order valence-electron chi connectivity index (χ2n) is 6.53. The quantitative estimate of drug-likeness (QED) is 0.486. The molecular weight excluding hydrogens is 348 g/mol. The van der Waals surface area contributed by atoms with Crippen molar-refractivity contribution in [2.45, 2.75) is 19.3 Å². The molecule has 0 unspecified atom stereocenters. The van der Waals surface area contributed by atoms with Crippen LogP contribution in [0.3, 0.4) is 0 Å². The summed E-state index contributed by atoms with van der Waals surface area (Å²) >= 11 is 5.48. The van der Waals surface area contributed by atoms with Gasteiger partial charge >= 0.3 is 0 Å². The third kappa shape index (κ3) is 2.54. The molecule has 2 N–H and O–H groups in total. The molecule has 2 aliphatic rings. The van der Waals surface area contributed by atoms with E-state index in [4.69, 9.17) is 12.2 Å². The number of thiocarbonyl (C=S) groups is 1. The Morgan fingerprint density at radius 1 is 1.12 bits per heavy atom. The minimum absolute atomic E-state index is 0.231. The third-order valence-corrected chi connectivity index (χ3v) is 5.40. The molecule has 0 bridgehead atoms. The number of aryl methyl sites for hydroxylation is 2. The van der Waals surface area contributed by atoms with Crippen molar-refractivity contribution in [2.75, 3.05) is 11.9 Å². The van der Waals surface area contributed by atoms with Crippen LogP contribution in [0.4, 0.5) is 5.69 Å². The molecule has 0 aromatic heterocycles. The van der Waals surface area contributed by atoms with Gasteiger partial charge in [0, 0.05) is 12.6 Å². The first-order chi connectivity index (χ1) is 12.5. The number of phenols is 2. The van der Waals surface area contributed by atoms with E-state index in [0.29, 0.717) is 16.4 Å².